The van der Waals surface area contributed by atoms with Crippen molar-refractivity contribution in [3.05, 3.63) is 83.1 Å². The molecule has 3 atom stereocenters. The molecule has 0 aliphatic heterocycles. The van der Waals surface area contributed by atoms with Gasteiger partial charge in [0.15, 0.2) is 0 Å². The quantitative estimate of drug-likeness (QED) is 0.211. The van der Waals surface area contributed by atoms with Crippen molar-refractivity contribution in [1.29, 1.82) is 0 Å². The Morgan fingerprint density at radius 1 is 0.873 bits per heavy atom. The molecule has 0 radical (unpaired) electrons. The molecule has 0 spiro atoms. The number of allylic oxidation sites excluding steroid dienone is 1. The van der Waals surface area contributed by atoms with Gasteiger partial charge in [0.1, 0.15) is 17.7 Å². The van der Waals surface area contributed by atoms with Crippen LogP contribution in [0.3, 0.4) is 0 Å². The van der Waals surface area contributed by atoms with Gasteiger partial charge in [-0.1, -0.05) is 109 Å². The SMILES string of the molecule is CC(/C=C(\C(C)C)N(C)C(=O)C(NC(=O)C(N(C)C(=O)OC(C)(C)C)C(C)(C)c1ccccc1)C(C)(C)C)C(=O)NS(=O)(=O)Cc1ccc(C2(N)CC2)cc1. The average Bonchev–Trinajstić information content (AvgIpc) is 3.82. The molecule has 3 unspecified atom stereocenters. The molecule has 1 aliphatic rings. The monoisotopic (exact) mass is 781 g/mol. The number of hydrogen-bond donors (Lipinski definition) is 3. The summed E-state index contributed by atoms with van der Waals surface area (Å²) in [5.74, 6) is -3.34. The zero-order valence-electron chi connectivity index (χ0n) is 34.9. The lowest BCUT2D eigenvalue weighted by Gasteiger charge is -2.42. The minimum absolute atomic E-state index is 0.268. The predicted molar refractivity (Wildman–Crippen MR) is 216 cm³/mol. The van der Waals surface area contributed by atoms with Gasteiger partial charge in [-0.3, -0.25) is 24.0 Å². The standard InChI is InChI=1S/C42H63N5O7S/c1-27(2)32(25-28(3)35(48)45-55(52,53)26-29-19-21-31(22-20-29)42(43)23-24-42)46(12)37(50)33(39(4,5)6)44-36(49)34(47(13)38(51)54-40(7,8)9)41(10,11)30-17-15-14-16-18-30/h14-22,25,27-28,33-34H,23-24,26,43H2,1-13H3,(H,44,49)(H,45,48)/b32-25+. The van der Waals surface area contributed by atoms with E-state index in [2.05, 4.69) is 10.0 Å². The Kier molecular flexibility index (Phi) is 13.9. The van der Waals surface area contributed by atoms with Crippen molar-refractivity contribution in [2.24, 2.45) is 23.0 Å². The predicted octanol–water partition coefficient (Wildman–Crippen LogP) is 5.96. The van der Waals surface area contributed by atoms with E-state index in [0.29, 0.717) is 11.3 Å². The first-order chi connectivity index (χ1) is 25.1. The number of rotatable bonds is 14. The summed E-state index contributed by atoms with van der Waals surface area (Å²) in [6.07, 6.45) is 2.65. The summed E-state index contributed by atoms with van der Waals surface area (Å²) in [5.41, 5.74) is 6.11. The number of carbonyl (C=O) groups is 4. The second-order valence-electron chi connectivity index (χ2n) is 17.9. The maximum absolute atomic E-state index is 14.5. The molecule has 0 heterocycles. The molecule has 4 amide bonds. The van der Waals surface area contributed by atoms with Crippen molar-refractivity contribution < 1.29 is 32.3 Å². The summed E-state index contributed by atoms with van der Waals surface area (Å²) in [6, 6.07) is 14.2. The Balaban J connectivity index is 1.87. The summed E-state index contributed by atoms with van der Waals surface area (Å²) in [4.78, 5) is 58.3. The molecule has 13 heteroatoms. The minimum atomic E-state index is -4.04. The maximum Gasteiger partial charge on any atom is 0.410 e. The lowest BCUT2D eigenvalue weighted by molar-refractivity contribution is -0.139. The Labute approximate surface area is 328 Å². The highest BCUT2D eigenvalue weighted by Crippen LogP contribution is 2.42. The lowest BCUT2D eigenvalue weighted by Crippen LogP contribution is -2.62. The first-order valence-corrected chi connectivity index (χ1v) is 20.5. The van der Waals surface area contributed by atoms with Gasteiger partial charge in [0.25, 0.3) is 0 Å². The number of nitrogens with two attached hydrogens (primary N) is 1. The van der Waals surface area contributed by atoms with Gasteiger partial charge in [-0.05, 0) is 68.6 Å². The third-order valence-corrected chi connectivity index (χ3v) is 11.2. The van der Waals surface area contributed by atoms with Crippen molar-refractivity contribution in [2.45, 2.75) is 123 Å². The highest BCUT2D eigenvalue weighted by molar-refractivity contribution is 7.89. The topological polar surface area (TPSA) is 168 Å². The molecular weight excluding hydrogens is 719 g/mol. The Hall–Kier alpha value is -4.23. The van der Waals surface area contributed by atoms with Gasteiger partial charge in [-0.2, -0.15) is 0 Å². The number of amides is 4. The van der Waals surface area contributed by atoms with E-state index in [1.54, 1.807) is 53.0 Å². The molecule has 1 fully saturated rings. The van der Waals surface area contributed by atoms with Crippen LogP contribution in [0.1, 0.15) is 106 Å². The minimum Gasteiger partial charge on any atom is -0.444 e. The highest BCUT2D eigenvalue weighted by atomic mass is 32.2. The Bertz CT molecular complexity index is 1840. The third-order valence-electron chi connectivity index (χ3n) is 9.99. The number of benzene rings is 2. The molecular formula is C42H63N5O7S. The van der Waals surface area contributed by atoms with E-state index in [4.69, 9.17) is 10.5 Å². The molecule has 2 aromatic rings. The van der Waals surface area contributed by atoms with E-state index in [1.165, 1.54) is 16.8 Å². The lowest BCUT2D eigenvalue weighted by atomic mass is 9.76. The number of carbonyl (C=O) groups excluding carboxylic acids is 4. The number of hydrogen-bond acceptors (Lipinski definition) is 8. The normalized spacial score (nSPS) is 16.4. The van der Waals surface area contributed by atoms with E-state index in [0.717, 1.165) is 24.0 Å². The number of nitrogens with one attached hydrogen (secondary N) is 2. The number of likely N-dealkylation sites (N-methyl/N-ethyl adjacent to an activating group) is 2. The molecule has 1 aliphatic carbocycles. The van der Waals surface area contributed by atoms with Gasteiger partial charge < -0.3 is 20.7 Å². The van der Waals surface area contributed by atoms with Gasteiger partial charge in [-0.15, -0.1) is 0 Å². The summed E-state index contributed by atoms with van der Waals surface area (Å²) in [5, 5.41) is 2.98. The molecule has 0 saturated heterocycles. The molecule has 304 valence electrons. The van der Waals surface area contributed by atoms with Crippen molar-refractivity contribution in [2.75, 3.05) is 14.1 Å². The summed E-state index contributed by atoms with van der Waals surface area (Å²) in [7, 11) is -0.965. The fraction of sp³-hybridized carbons (Fsp3) is 0.571. The average molecular weight is 782 g/mol. The van der Waals surface area contributed by atoms with Crippen LogP contribution < -0.4 is 15.8 Å². The van der Waals surface area contributed by atoms with Crippen molar-refractivity contribution >= 4 is 33.8 Å². The van der Waals surface area contributed by atoms with Crippen LogP contribution in [-0.4, -0.2) is 73.8 Å². The molecule has 2 aromatic carbocycles. The van der Waals surface area contributed by atoms with Crippen LogP contribution in [0.25, 0.3) is 0 Å². The number of sulfonamides is 1. The maximum atomic E-state index is 14.5. The molecule has 0 bridgehead atoms. The van der Waals surface area contributed by atoms with Crippen LogP contribution in [-0.2, 0) is 45.9 Å². The molecule has 3 rings (SSSR count). The van der Waals surface area contributed by atoms with Crippen molar-refractivity contribution in [3.8, 4) is 0 Å². The number of nitrogens with zero attached hydrogens (tertiary/aromatic N) is 2. The van der Waals surface area contributed by atoms with E-state index in [9.17, 15) is 27.6 Å². The summed E-state index contributed by atoms with van der Waals surface area (Å²) >= 11 is 0. The van der Waals surface area contributed by atoms with Gasteiger partial charge in [0.2, 0.25) is 27.7 Å². The smallest absolute Gasteiger partial charge is 0.410 e. The van der Waals surface area contributed by atoms with E-state index >= 15 is 0 Å². The molecule has 55 heavy (non-hydrogen) atoms. The van der Waals surface area contributed by atoms with E-state index < -0.39 is 68.3 Å². The van der Waals surface area contributed by atoms with Crippen molar-refractivity contribution in [1.82, 2.24) is 19.8 Å². The zero-order chi connectivity index (χ0) is 41.9. The van der Waals surface area contributed by atoms with Gasteiger partial charge in [0.05, 0.1) is 11.7 Å². The fourth-order valence-electron chi connectivity index (χ4n) is 6.52. The van der Waals surface area contributed by atoms with Crippen LogP contribution in [0, 0.1) is 17.3 Å². The van der Waals surface area contributed by atoms with Crippen LogP contribution in [0.5, 0.6) is 0 Å². The molecule has 4 N–H and O–H groups in total. The fourth-order valence-corrected chi connectivity index (χ4v) is 7.72. The largest absolute Gasteiger partial charge is 0.444 e. The van der Waals surface area contributed by atoms with E-state index in [1.807, 2.05) is 90.9 Å². The van der Waals surface area contributed by atoms with E-state index in [-0.39, 0.29) is 17.2 Å². The Morgan fingerprint density at radius 3 is 1.89 bits per heavy atom. The highest BCUT2D eigenvalue weighted by Gasteiger charge is 2.46. The molecule has 0 aromatic heterocycles. The van der Waals surface area contributed by atoms with Crippen molar-refractivity contribution in [3.63, 3.8) is 0 Å². The van der Waals surface area contributed by atoms with Crippen LogP contribution in [0.4, 0.5) is 4.79 Å². The van der Waals surface area contributed by atoms with Crippen LogP contribution in [0.15, 0.2) is 66.4 Å². The van der Waals surface area contributed by atoms with Crippen LogP contribution >= 0.6 is 0 Å². The molecule has 12 nitrogen and oxygen atoms in total. The van der Waals surface area contributed by atoms with Gasteiger partial charge >= 0.3 is 6.09 Å². The second-order valence-corrected chi connectivity index (χ2v) is 19.6. The van der Waals surface area contributed by atoms with Crippen LogP contribution in [0.2, 0.25) is 0 Å². The third kappa shape index (κ3) is 11.9. The number of ether oxygens (including phenoxy) is 1. The zero-order valence-corrected chi connectivity index (χ0v) is 35.8. The second kappa shape index (κ2) is 16.9. The van der Waals surface area contributed by atoms with Gasteiger partial charge in [0, 0.05) is 30.7 Å². The summed E-state index contributed by atoms with van der Waals surface area (Å²) in [6.45, 7) is 19.7. The van der Waals surface area contributed by atoms with Gasteiger partial charge in [-0.25, -0.2) is 13.2 Å². The first-order valence-electron chi connectivity index (χ1n) is 18.8. The Morgan fingerprint density at radius 2 is 1.42 bits per heavy atom. The summed E-state index contributed by atoms with van der Waals surface area (Å²) < 4.78 is 33.9. The molecule has 1 saturated carbocycles. The first kappa shape index (κ1) is 45.2.